The minimum atomic E-state index is -0.190. The van der Waals surface area contributed by atoms with Crippen LogP contribution in [0.15, 0.2) is 65.6 Å². The molecule has 3 aromatic heterocycles. The fraction of sp³-hybridized carbons (Fsp3) is 0. The zero-order valence-electron chi connectivity index (χ0n) is 11.5. The molecular weight excluding hydrogens is 278 g/mol. The number of para-hydroxylation sites is 1. The van der Waals surface area contributed by atoms with Crippen molar-refractivity contribution >= 4 is 16.7 Å². The molecule has 4 rings (SSSR count). The molecule has 106 valence electrons. The molecule has 1 N–H and O–H groups in total. The first-order valence-electron chi connectivity index (χ1n) is 6.80. The van der Waals surface area contributed by atoms with Crippen LogP contribution in [0.25, 0.3) is 22.4 Å². The Balaban J connectivity index is 1.73. The molecule has 3 heterocycles. The zero-order chi connectivity index (χ0) is 14.9. The highest BCUT2D eigenvalue weighted by Gasteiger charge is 2.18. The highest BCUT2D eigenvalue weighted by atomic mass is 16.4. The molecule has 5 nitrogen and oxygen atoms in total. The van der Waals surface area contributed by atoms with Crippen molar-refractivity contribution in [2.45, 2.75) is 0 Å². The molecule has 0 aliphatic carbocycles. The SMILES string of the molecule is O=C(c1cnc(-c2ccncc2)o1)c1c[nH]c2ccccc12. The Morgan fingerprint density at radius 1 is 1.09 bits per heavy atom. The topological polar surface area (TPSA) is 71.8 Å². The lowest BCUT2D eigenvalue weighted by Gasteiger charge is -1.96. The smallest absolute Gasteiger partial charge is 0.232 e. The lowest BCUT2D eigenvalue weighted by molar-refractivity contribution is 0.101. The maximum Gasteiger partial charge on any atom is 0.232 e. The summed E-state index contributed by atoms with van der Waals surface area (Å²) in [6.07, 6.45) is 6.46. The van der Waals surface area contributed by atoms with Gasteiger partial charge in [0.1, 0.15) is 0 Å². The summed E-state index contributed by atoms with van der Waals surface area (Å²) in [6.45, 7) is 0. The number of rotatable bonds is 3. The summed E-state index contributed by atoms with van der Waals surface area (Å²) in [5.74, 6) is 0.437. The van der Waals surface area contributed by atoms with Crippen LogP contribution in [-0.4, -0.2) is 20.7 Å². The van der Waals surface area contributed by atoms with Crippen LogP contribution < -0.4 is 0 Å². The third kappa shape index (κ3) is 2.00. The molecule has 0 atom stereocenters. The van der Waals surface area contributed by atoms with Crippen molar-refractivity contribution < 1.29 is 9.21 Å². The largest absolute Gasteiger partial charge is 0.433 e. The van der Waals surface area contributed by atoms with Crippen LogP contribution in [0, 0.1) is 0 Å². The number of oxazole rings is 1. The van der Waals surface area contributed by atoms with Crippen molar-refractivity contribution in [3.05, 3.63) is 72.5 Å². The second kappa shape index (κ2) is 4.96. The van der Waals surface area contributed by atoms with Crippen LogP contribution in [-0.2, 0) is 0 Å². The average Bonchev–Trinajstić information content (AvgIpc) is 3.22. The quantitative estimate of drug-likeness (QED) is 0.586. The van der Waals surface area contributed by atoms with Gasteiger partial charge in [0, 0.05) is 35.1 Å². The van der Waals surface area contributed by atoms with Crippen LogP contribution in [0.1, 0.15) is 16.1 Å². The standard InChI is InChI=1S/C17H11N3O2/c21-16(13-9-19-14-4-2-1-3-12(13)14)15-10-20-17(22-15)11-5-7-18-8-6-11/h1-10,19H. The van der Waals surface area contributed by atoms with Gasteiger partial charge < -0.3 is 9.40 Å². The summed E-state index contributed by atoms with van der Waals surface area (Å²) >= 11 is 0. The average molecular weight is 289 g/mol. The van der Waals surface area contributed by atoms with Crippen molar-refractivity contribution in [3.63, 3.8) is 0 Å². The molecule has 0 bridgehead atoms. The minimum Gasteiger partial charge on any atom is -0.433 e. The number of hydrogen-bond acceptors (Lipinski definition) is 4. The van der Waals surface area contributed by atoms with E-state index in [4.69, 9.17) is 4.42 Å². The van der Waals surface area contributed by atoms with E-state index in [1.807, 2.05) is 24.3 Å². The second-order valence-electron chi connectivity index (χ2n) is 4.84. The molecule has 0 saturated heterocycles. The molecule has 0 aliphatic heterocycles. The number of ketones is 1. The molecule has 0 radical (unpaired) electrons. The van der Waals surface area contributed by atoms with Gasteiger partial charge in [0.15, 0.2) is 5.76 Å². The third-order valence-electron chi connectivity index (χ3n) is 3.49. The summed E-state index contributed by atoms with van der Waals surface area (Å²) < 4.78 is 5.60. The third-order valence-corrected chi connectivity index (χ3v) is 3.49. The van der Waals surface area contributed by atoms with Gasteiger partial charge in [-0.1, -0.05) is 18.2 Å². The summed E-state index contributed by atoms with van der Waals surface area (Å²) in [4.78, 5) is 23.8. The van der Waals surface area contributed by atoms with Gasteiger partial charge >= 0.3 is 0 Å². The first kappa shape index (κ1) is 12.5. The number of H-pyrrole nitrogens is 1. The predicted molar refractivity (Wildman–Crippen MR) is 81.5 cm³/mol. The Hall–Kier alpha value is -3.21. The highest BCUT2D eigenvalue weighted by Crippen LogP contribution is 2.23. The highest BCUT2D eigenvalue weighted by molar-refractivity contribution is 6.15. The number of nitrogens with zero attached hydrogens (tertiary/aromatic N) is 2. The number of pyridine rings is 1. The summed E-state index contributed by atoms with van der Waals surface area (Å²) in [6, 6.07) is 11.2. The van der Waals surface area contributed by atoms with Crippen molar-refractivity contribution in [2.24, 2.45) is 0 Å². The maximum atomic E-state index is 12.6. The van der Waals surface area contributed by atoms with Crippen LogP contribution in [0.4, 0.5) is 0 Å². The van der Waals surface area contributed by atoms with E-state index in [2.05, 4.69) is 15.0 Å². The molecule has 0 fully saturated rings. The Labute approximate surface area is 125 Å². The van der Waals surface area contributed by atoms with E-state index in [1.54, 1.807) is 30.7 Å². The lowest BCUT2D eigenvalue weighted by Crippen LogP contribution is -1.98. The molecule has 0 spiro atoms. The Morgan fingerprint density at radius 3 is 2.77 bits per heavy atom. The summed E-state index contributed by atoms with van der Waals surface area (Å²) in [7, 11) is 0. The van der Waals surface area contributed by atoms with Gasteiger partial charge in [0.2, 0.25) is 11.7 Å². The maximum absolute atomic E-state index is 12.6. The van der Waals surface area contributed by atoms with E-state index in [0.717, 1.165) is 16.5 Å². The van der Waals surface area contributed by atoms with E-state index in [-0.39, 0.29) is 11.5 Å². The molecule has 0 aliphatic rings. The number of carbonyl (C=O) groups excluding carboxylic acids is 1. The molecule has 5 heteroatoms. The molecular formula is C17H11N3O2. The van der Waals surface area contributed by atoms with Crippen molar-refractivity contribution in [2.75, 3.05) is 0 Å². The zero-order valence-corrected chi connectivity index (χ0v) is 11.5. The van der Waals surface area contributed by atoms with E-state index >= 15 is 0 Å². The fourth-order valence-electron chi connectivity index (χ4n) is 2.40. The monoisotopic (exact) mass is 289 g/mol. The normalized spacial score (nSPS) is 10.9. The molecule has 0 amide bonds. The summed E-state index contributed by atoms with van der Waals surface area (Å²) in [5.41, 5.74) is 2.28. The number of benzene rings is 1. The van der Waals surface area contributed by atoms with Gasteiger partial charge in [-0.3, -0.25) is 9.78 Å². The number of carbonyl (C=O) groups is 1. The first-order chi connectivity index (χ1) is 10.8. The van der Waals surface area contributed by atoms with Crippen molar-refractivity contribution in [1.29, 1.82) is 0 Å². The van der Waals surface area contributed by atoms with E-state index in [9.17, 15) is 4.79 Å². The summed E-state index contributed by atoms with van der Waals surface area (Å²) in [5, 5.41) is 0.870. The van der Waals surface area contributed by atoms with Crippen LogP contribution in [0.5, 0.6) is 0 Å². The van der Waals surface area contributed by atoms with Gasteiger partial charge in [0.05, 0.1) is 11.8 Å². The Bertz CT molecular complexity index is 954. The second-order valence-corrected chi connectivity index (χ2v) is 4.84. The van der Waals surface area contributed by atoms with E-state index in [0.29, 0.717) is 11.5 Å². The fourth-order valence-corrected chi connectivity index (χ4v) is 2.40. The molecule has 4 aromatic rings. The molecule has 1 aromatic carbocycles. The molecule has 22 heavy (non-hydrogen) atoms. The minimum absolute atomic E-state index is 0.190. The lowest BCUT2D eigenvalue weighted by atomic mass is 10.1. The van der Waals surface area contributed by atoms with Crippen LogP contribution in [0.2, 0.25) is 0 Å². The predicted octanol–water partition coefficient (Wildman–Crippen LogP) is 3.45. The van der Waals surface area contributed by atoms with E-state index < -0.39 is 0 Å². The number of aromatic nitrogens is 3. The number of nitrogens with one attached hydrogen (secondary N) is 1. The first-order valence-corrected chi connectivity index (χ1v) is 6.80. The van der Waals surface area contributed by atoms with Gasteiger partial charge in [-0.15, -0.1) is 0 Å². The van der Waals surface area contributed by atoms with Crippen LogP contribution >= 0.6 is 0 Å². The number of hydrogen-bond donors (Lipinski definition) is 1. The Kier molecular flexibility index (Phi) is 2.83. The number of aromatic amines is 1. The van der Waals surface area contributed by atoms with Gasteiger partial charge in [0.25, 0.3) is 0 Å². The molecule has 0 unspecified atom stereocenters. The van der Waals surface area contributed by atoms with Crippen molar-refractivity contribution in [1.82, 2.24) is 15.0 Å². The van der Waals surface area contributed by atoms with Crippen molar-refractivity contribution in [3.8, 4) is 11.5 Å². The van der Waals surface area contributed by atoms with Crippen LogP contribution in [0.3, 0.4) is 0 Å². The van der Waals surface area contributed by atoms with Gasteiger partial charge in [-0.2, -0.15) is 0 Å². The van der Waals surface area contributed by atoms with E-state index in [1.165, 1.54) is 6.20 Å². The number of fused-ring (bicyclic) bond motifs is 1. The Morgan fingerprint density at radius 2 is 1.91 bits per heavy atom. The molecule has 0 saturated carbocycles. The van der Waals surface area contributed by atoms with Gasteiger partial charge in [-0.25, -0.2) is 4.98 Å². The van der Waals surface area contributed by atoms with Gasteiger partial charge in [-0.05, 0) is 18.2 Å².